The van der Waals surface area contributed by atoms with Crippen molar-refractivity contribution < 1.29 is 13.2 Å². The zero-order chi connectivity index (χ0) is 15.5. The number of sulfone groups is 1. The number of carbonyl (C=O) groups excluding carboxylic acids is 1. The Morgan fingerprint density at radius 1 is 1.38 bits per heavy atom. The Bertz CT molecular complexity index is 601. The highest BCUT2D eigenvalue weighted by Gasteiger charge is 2.32. The lowest BCUT2D eigenvalue weighted by molar-refractivity contribution is -0.131. The number of halogens is 1. The monoisotopic (exact) mass is 330 g/mol. The van der Waals surface area contributed by atoms with Crippen LogP contribution >= 0.6 is 11.6 Å². The zero-order valence-electron chi connectivity index (χ0n) is 11.9. The van der Waals surface area contributed by atoms with Crippen LogP contribution in [0.5, 0.6) is 0 Å². The maximum atomic E-state index is 12.1. The van der Waals surface area contributed by atoms with E-state index in [0.29, 0.717) is 24.4 Å². The van der Waals surface area contributed by atoms with E-state index in [0.717, 1.165) is 5.69 Å². The van der Waals surface area contributed by atoms with Crippen molar-refractivity contribution in [1.29, 1.82) is 0 Å². The Morgan fingerprint density at radius 2 is 2.05 bits per heavy atom. The van der Waals surface area contributed by atoms with E-state index in [9.17, 15) is 13.2 Å². The molecular weight excluding hydrogens is 312 g/mol. The summed E-state index contributed by atoms with van der Waals surface area (Å²) in [5, 5.41) is 3.81. The van der Waals surface area contributed by atoms with Gasteiger partial charge in [0.15, 0.2) is 9.84 Å². The highest BCUT2D eigenvalue weighted by molar-refractivity contribution is 7.91. The molecule has 1 amide bonds. The maximum Gasteiger partial charge on any atom is 0.224 e. The number of benzene rings is 1. The van der Waals surface area contributed by atoms with Gasteiger partial charge in [0.05, 0.1) is 11.5 Å². The van der Waals surface area contributed by atoms with Crippen molar-refractivity contribution in [3.63, 3.8) is 0 Å². The van der Waals surface area contributed by atoms with E-state index in [2.05, 4.69) is 5.32 Å². The SMILES string of the molecule is CN(C(=O)CCNc1ccc(Cl)cc1)C1CCS(=O)(=O)C1. The zero-order valence-corrected chi connectivity index (χ0v) is 13.5. The molecule has 116 valence electrons. The maximum absolute atomic E-state index is 12.1. The van der Waals surface area contributed by atoms with Gasteiger partial charge in [-0.15, -0.1) is 0 Å². The van der Waals surface area contributed by atoms with Gasteiger partial charge in [0.2, 0.25) is 5.91 Å². The van der Waals surface area contributed by atoms with Gasteiger partial charge in [0.25, 0.3) is 0 Å². The average molecular weight is 331 g/mol. The van der Waals surface area contributed by atoms with Crippen LogP contribution in [0.25, 0.3) is 0 Å². The fourth-order valence-corrected chi connectivity index (χ4v) is 4.24. The number of nitrogens with one attached hydrogen (secondary N) is 1. The van der Waals surface area contributed by atoms with Crippen LogP contribution in [0.2, 0.25) is 5.02 Å². The molecule has 1 heterocycles. The van der Waals surface area contributed by atoms with Crippen LogP contribution < -0.4 is 5.32 Å². The Labute approximate surface area is 130 Å². The second-order valence-corrected chi connectivity index (χ2v) is 7.91. The van der Waals surface area contributed by atoms with Gasteiger partial charge in [-0.2, -0.15) is 0 Å². The Morgan fingerprint density at radius 3 is 2.62 bits per heavy atom. The number of carbonyl (C=O) groups is 1. The van der Waals surface area contributed by atoms with E-state index in [1.807, 2.05) is 12.1 Å². The van der Waals surface area contributed by atoms with Crippen LogP contribution in [0.1, 0.15) is 12.8 Å². The third kappa shape index (κ3) is 4.61. The topological polar surface area (TPSA) is 66.5 Å². The molecule has 1 aromatic rings. The lowest BCUT2D eigenvalue weighted by Gasteiger charge is -2.23. The van der Waals surface area contributed by atoms with Crippen LogP contribution in [-0.4, -0.2) is 50.4 Å². The molecule has 1 aliphatic heterocycles. The van der Waals surface area contributed by atoms with Gasteiger partial charge in [-0.1, -0.05) is 11.6 Å². The summed E-state index contributed by atoms with van der Waals surface area (Å²) in [6.45, 7) is 0.504. The summed E-state index contributed by atoms with van der Waals surface area (Å²) in [5.41, 5.74) is 0.901. The lowest BCUT2D eigenvalue weighted by Crippen LogP contribution is -2.38. The van der Waals surface area contributed by atoms with Crippen molar-refractivity contribution in [2.75, 3.05) is 30.4 Å². The third-order valence-corrected chi connectivity index (χ3v) is 5.66. The first-order valence-electron chi connectivity index (χ1n) is 6.83. The van der Waals surface area contributed by atoms with Crippen LogP contribution in [0.15, 0.2) is 24.3 Å². The number of hydrogen-bond acceptors (Lipinski definition) is 4. The minimum absolute atomic E-state index is 0.0430. The molecule has 0 radical (unpaired) electrons. The second kappa shape index (κ2) is 6.66. The van der Waals surface area contributed by atoms with Crippen molar-refractivity contribution in [3.8, 4) is 0 Å². The molecule has 1 atom stereocenters. The van der Waals surface area contributed by atoms with Crippen molar-refractivity contribution in [2.24, 2.45) is 0 Å². The minimum atomic E-state index is -2.96. The van der Waals surface area contributed by atoms with E-state index < -0.39 is 9.84 Å². The first-order valence-corrected chi connectivity index (χ1v) is 9.03. The normalized spacial score (nSPS) is 20.2. The van der Waals surface area contributed by atoms with Crippen molar-refractivity contribution >= 4 is 33.0 Å². The van der Waals surface area contributed by atoms with E-state index in [-0.39, 0.29) is 23.5 Å². The average Bonchev–Trinajstić information content (AvgIpc) is 2.80. The van der Waals surface area contributed by atoms with Gasteiger partial charge in [-0.25, -0.2) is 8.42 Å². The van der Waals surface area contributed by atoms with Gasteiger partial charge in [-0.05, 0) is 30.7 Å². The first kappa shape index (κ1) is 16.1. The highest BCUT2D eigenvalue weighted by atomic mass is 35.5. The summed E-state index contributed by atoms with van der Waals surface area (Å²) >= 11 is 5.80. The Kier molecular flexibility index (Phi) is 5.11. The number of hydrogen-bond donors (Lipinski definition) is 1. The van der Waals surface area contributed by atoms with E-state index in [1.165, 1.54) is 0 Å². The number of nitrogens with zero attached hydrogens (tertiary/aromatic N) is 1. The van der Waals surface area contributed by atoms with E-state index in [1.54, 1.807) is 24.1 Å². The molecule has 5 nitrogen and oxygen atoms in total. The molecule has 0 aliphatic carbocycles. The van der Waals surface area contributed by atoms with Gasteiger partial charge >= 0.3 is 0 Å². The van der Waals surface area contributed by atoms with Gasteiger partial charge in [0, 0.05) is 36.8 Å². The Hall–Kier alpha value is -1.27. The summed E-state index contributed by atoms with van der Waals surface area (Å²) < 4.78 is 22.9. The molecule has 1 aromatic carbocycles. The number of rotatable bonds is 5. The Balaban J connectivity index is 1.78. The minimum Gasteiger partial charge on any atom is -0.385 e. The summed E-state index contributed by atoms with van der Waals surface area (Å²) in [6.07, 6.45) is 0.866. The molecule has 21 heavy (non-hydrogen) atoms. The third-order valence-electron chi connectivity index (χ3n) is 3.66. The van der Waals surface area contributed by atoms with Crippen molar-refractivity contribution in [2.45, 2.75) is 18.9 Å². The summed E-state index contributed by atoms with van der Waals surface area (Å²) in [7, 11) is -1.29. The van der Waals surface area contributed by atoms with Crippen molar-refractivity contribution in [1.82, 2.24) is 4.90 Å². The van der Waals surface area contributed by atoms with Crippen LogP contribution in [0.4, 0.5) is 5.69 Å². The molecule has 0 spiro atoms. The number of amides is 1. The number of anilines is 1. The first-order chi connectivity index (χ1) is 9.87. The summed E-state index contributed by atoms with van der Waals surface area (Å²) in [5.74, 6) is 0.219. The van der Waals surface area contributed by atoms with Crippen LogP contribution in [0.3, 0.4) is 0 Å². The van der Waals surface area contributed by atoms with Crippen LogP contribution in [0, 0.1) is 0 Å². The largest absolute Gasteiger partial charge is 0.385 e. The molecule has 0 bridgehead atoms. The molecular formula is C14H19ClN2O3S. The van der Waals surface area contributed by atoms with Gasteiger partial charge in [0.1, 0.15) is 0 Å². The van der Waals surface area contributed by atoms with E-state index in [4.69, 9.17) is 11.6 Å². The van der Waals surface area contributed by atoms with Gasteiger partial charge in [-0.3, -0.25) is 4.79 Å². The van der Waals surface area contributed by atoms with Gasteiger partial charge < -0.3 is 10.2 Å². The van der Waals surface area contributed by atoms with E-state index >= 15 is 0 Å². The quantitative estimate of drug-likeness (QED) is 0.893. The molecule has 2 rings (SSSR count). The molecule has 1 N–H and O–H groups in total. The molecule has 1 fully saturated rings. The molecule has 1 unspecified atom stereocenters. The summed E-state index contributed by atoms with van der Waals surface area (Å²) in [4.78, 5) is 13.6. The fraction of sp³-hybridized carbons (Fsp3) is 0.500. The standard InChI is InChI=1S/C14H19ClN2O3S/c1-17(13-7-9-21(19,20)10-13)14(18)6-8-16-12-4-2-11(15)3-5-12/h2-5,13,16H,6-10H2,1H3. The molecule has 1 saturated heterocycles. The molecule has 0 saturated carbocycles. The predicted molar refractivity (Wildman–Crippen MR) is 84.4 cm³/mol. The van der Waals surface area contributed by atoms with Crippen LogP contribution in [-0.2, 0) is 14.6 Å². The molecule has 7 heteroatoms. The lowest BCUT2D eigenvalue weighted by atomic mass is 10.2. The molecule has 1 aliphatic rings. The smallest absolute Gasteiger partial charge is 0.224 e. The predicted octanol–water partition coefficient (Wildman–Crippen LogP) is 1.79. The summed E-state index contributed by atoms with van der Waals surface area (Å²) in [6, 6.07) is 7.07. The second-order valence-electron chi connectivity index (χ2n) is 5.25. The highest BCUT2D eigenvalue weighted by Crippen LogP contribution is 2.17. The fourth-order valence-electron chi connectivity index (χ4n) is 2.34. The molecule has 0 aromatic heterocycles. The van der Waals surface area contributed by atoms with Crippen molar-refractivity contribution in [3.05, 3.63) is 29.3 Å².